The smallest absolute Gasteiger partial charge is 0.274 e. The van der Waals surface area contributed by atoms with E-state index in [1.165, 1.54) is 11.8 Å². The molecule has 0 bridgehead atoms. The van der Waals surface area contributed by atoms with Crippen LogP contribution in [0.5, 0.6) is 0 Å². The molecule has 1 N–H and O–H groups in total. The molecule has 2 aromatic carbocycles. The minimum atomic E-state index is -0.684. The van der Waals surface area contributed by atoms with Crippen molar-refractivity contribution in [3.63, 3.8) is 0 Å². The molecule has 1 aliphatic heterocycles. The second-order valence-electron chi connectivity index (χ2n) is 7.50. The fourth-order valence-corrected chi connectivity index (χ4v) is 4.87. The van der Waals surface area contributed by atoms with Gasteiger partial charge in [0.05, 0.1) is 23.9 Å². The molecular formula is C24H24N6O2S. The molecule has 0 aliphatic carbocycles. The Balaban J connectivity index is 0.00000259. The number of benzene rings is 2. The zero-order valence-corrected chi connectivity index (χ0v) is 18.1. The fraction of sp³-hybridized carbons (Fsp3) is 0.208. The zero-order chi connectivity index (χ0) is 22.1. The van der Waals surface area contributed by atoms with E-state index in [4.69, 9.17) is 0 Å². The van der Waals surface area contributed by atoms with Crippen LogP contribution in [-0.2, 0) is 11.3 Å². The number of pyridine rings is 1. The van der Waals surface area contributed by atoms with Crippen LogP contribution < -0.4 is 10.2 Å². The number of carbonyl (C=O) groups is 2. The molecule has 0 radical (unpaired) electrons. The summed E-state index contributed by atoms with van der Waals surface area (Å²) < 4.78 is 1.61. The summed E-state index contributed by atoms with van der Waals surface area (Å²) in [6.45, 7) is 0.512. The lowest BCUT2D eigenvalue weighted by Crippen LogP contribution is -2.48. The fourth-order valence-electron chi connectivity index (χ4n) is 3.75. The summed E-state index contributed by atoms with van der Waals surface area (Å²) in [5.41, 5.74) is 2.87. The van der Waals surface area contributed by atoms with Gasteiger partial charge in [0.2, 0.25) is 5.91 Å². The van der Waals surface area contributed by atoms with Crippen LogP contribution in [-0.4, -0.2) is 50.6 Å². The topological polar surface area (TPSA) is 93.0 Å². The highest BCUT2D eigenvalue weighted by Gasteiger charge is 2.31. The molecule has 8 nitrogen and oxygen atoms in total. The molecule has 0 fully saturated rings. The predicted octanol–water partition coefficient (Wildman–Crippen LogP) is 3.38. The van der Waals surface area contributed by atoms with Gasteiger partial charge in [0, 0.05) is 29.3 Å². The number of carbonyl (C=O) groups excluding carboxylic acids is 2. The molecule has 2 aromatic heterocycles. The van der Waals surface area contributed by atoms with E-state index in [0.29, 0.717) is 12.3 Å². The maximum Gasteiger partial charge on any atom is 0.274 e. The third kappa shape index (κ3) is 4.45. The van der Waals surface area contributed by atoms with Crippen molar-refractivity contribution in [3.8, 4) is 0 Å². The summed E-state index contributed by atoms with van der Waals surface area (Å²) in [7, 11) is 1.73. The van der Waals surface area contributed by atoms with E-state index in [1.54, 1.807) is 29.0 Å². The Bertz CT molecular complexity index is 1310. The lowest BCUT2D eigenvalue weighted by atomic mass is 10.1. The first-order valence-electron chi connectivity index (χ1n) is 10.1. The largest absolute Gasteiger partial charge is 0.338 e. The number of fused-ring (bicyclic) bond motifs is 3. The Kier molecular flexibility index (Phi) is 6.41. The van der Waals surface area contributed by atoms with E-state index in [1.807, 2.05) is 54.6 Å². The number of hydrogen-bond acceptors (Lipinski definition) is 6. The van der Waals surface area contributed by atoms with Gasteiger partial charge in [-0.15, -0.1) is 16.9 Å². The van der Waals surface area contributed by atoms with E-state index in [0.717, 1.165) is 27.0 Å². The molecule has 1 aliphatic rings. The molecule has 3 heterocycles. The molecule has 5 rings (SSSR count). The zero-order valence-electron chi connectivity index (χ0n) is 17.3. The number of hydrogen-bond donors (Lipinski definition) is 1. The number of rotatable bonds is 4. The van der Waals surface area contributed by atoms with Crippen LogP contribution >= 0.6 is 11.8 Å². The minimum absolute atomic E-state index is 0. The first-order chi connectivity index (χ1) is 15.6. The van der Waals surface area contributed by atoms with Crippen LogP contribution in [0.15, 0.2) is 71.9 Å². The monoisotopic (exact) mass is 460 g/mol. The van der Waals surface area contributed by atoms with Gasteiger partial charge in [-0.25, -0.2) is 4.68 Å². The number of thioether (sulfide) groups is 1. The summed E-state index contributed by atoms with van der Waals surface area (Å²) in [6.07, 6.45) is 3.32. The average molecular weight is 461 g/mol. The molecule has 0 saturated heterocycles. The van der Waals surface area contributed by atoms with Crippen molar-refractivity contribution >= 4 is 40.2 Å². The van der Waals surface area contributed by atoms with E-state index in [-0.39, 0.29) is 19.0 Å². The number of aromatic nitrogens is 4. The lowest BCUT2D eigenvalue weighted by molar-refractivity contribution is -0.119. The van der Waals surface area contributed by atoms with Crippen LogP contribution in [0.4, 0.5) is 5.69 Å². The Morgan fingerprint density at radius 1 is 1.15 bits per heavy atom. The molecule has 1 atom stereocenters. The number of nitrogens with zero attached hydrogens (tertiary/aromatic N) is 5. The minimum Gasteiger partial charge on any atom is -0.338 e. The van der Waals surface area contributed by atoms with Crippen molar-refractivity contribution < 1.29 is 9.59 Å². The van der Waals surface area contributed by atoms with Gasteiger partial charge in [-0.2, -0.15) is 0 Å². The number of nitrogens with one attached hydrogen (secondary N) is 1. The van der Waals surface area contributed by atoms with Crippen LogP contribution in [0.3, 0.4) is 0 Å². The summed E-state index contributed by atoms with van der Waals surface area (Å²) in [5, 5.41) is 11.8. The quantitative estimate of drug-likeness (QED) is 0.502. The van der Waals surface area contributed by atoms with E-state index >= 15 is 0 Å². The second-order valence-corrected chi connectivity index (χ2v) is 8.57. The van der Waals surface area contributed by atoms with Crippen molar-refractivity contribution in [2.45, 2.75) is 24.9 Å². The molecule has 9 heteroatoms. The molecule has 2 amide bonds. The van der Waals surface area contributed by atoms with Crippen LogP contribution in [0, 0.1) is 0 Å². The summed E-state index contributed by atoms with van der Waals surface area (Å²) in [5.74, 6) is -0.182. The third-order valence-electron chi connectivity index (χ3n) is 5.35. The van der Waals surface area contributed by atoms with Crippen LogP contribution in [0.1, 0.15) is 23.5 Å². The van der Waals surface area contributed by atoms with Gasteiger partial charge in [0.15, 0.2) is 5.69 Å². The summed E-state index contributed by atoms with van der Waals surface area (Å²) in [6, 6.07) is 16.8. The number of likely N-dealkylation sites (N-methyl/N-ethyl adjacent to an activating group) is 1. The first-order valence-corrected chi connectivity index (χ1v) is 11.1. The summed E-state index contributed by atoms with van der Waals surface area (Å²) >= 11 is 1.54. The van der Waals surface area contributed by atoms with Gasteiger partial charge in [-0.3, -0.25) is 14.6 Å². The molecule has 0 unspecified atom stereocenters. The SMILES string of the molecule is C.CN1C(=O)[C@@H](NC(=O)c2cn(Cc3ccccc3)nn2)CSc2ccc3ncccc3c21. The maximum absolute atomic E-state index is 13.2. The van der Waals surface area contributed by atoms with E-state index in [9.17, 15) is 9.59 Å². The highest BCUT2D eigenvalue weighted by Crippen LogP contribution is 2.38. The second kappa shape index (κ2) is 9.41. The lowest BCUT2D eigenvalue weighted by Gasteiger charge is -2.22. The van der Waals surface area contributed by atoms with Crippen molar-refractivity contribution in [3.05, 3.63) is 78.2 Å². The van der Waals surface area contributed by atoms with Gasteiger partial charge < -0.3 is 10.2 Å². The highest BCUT2D eigenvalue weighted by atomic mass is 32.2. The van der Waals surface area contributed by atoms with E-state index < -0.39 is 11.9 Å². The Labute approximate surface area is 196 Å². The molecule has 33 heavy (non-hydrogen) atoms. The predicted molar refractivity (Wildman–Crippen MR) is 129 cm³/mol. The van der Waals surface area contributed by atoms with Crippen LogP contribution in [0.25, 0.3) is 10.9 Å². The third-order valence-corrected chi connectivity index (χ3v) is 6.49. The van der Waals surface area contributed by atoms with Gasteiger partial charge in [0.25, 0.3) is 5.91 Å². The Hall–Kier alpha value is -3.72. The molecule has 0 saturated carbocycles. The molecule has 0 spiro atoms. The molecular weight excluding hydrogens is 436 g/mol. The van der Waals surface area contributed by atoms with Crippen LogP contribution in [0.2, 0.25) is 0 Å². The van der Waals surface area contributed by atoms with Crippen molar-refractivity contribution in [2.24, 2.45) is 0 Å². The summed E-state index contributed by atoms with van der Waals surface area (Å²) in [4.78, 5) is 33.0. The van der Waals surface area contributed by atoms with Gasteiger partial charge in [-0.05, 0) is 29.8 Å². The van der Waals surface area contributed by atoms with Gasteiger partial charge >= 0.3 is 0 Å². The molecule has 4 aromatic rings. The first kappa shape index (κ1) is 22.5. The Morgan fingerprint density at radius 3 is 2.79 bits per heavy atom. The van der Waals surface area contributed by atoms with Crippen molar-refractivity contribution in [1.29, 1.82) is 0 Å². The standard InChI is InChI=1S/C23H20N6O2S.CH4/c1-28-21-16-8-5-11-24-17(16)9-10-20(21)32-14-19(23(28)31)25-22(30)18-13-29(27-26-18)12-15-6-3-2-4-7-15;/h2-11,13,19H,12,14H2,1H3,(H,25,30);1H4/t19-;/m0./s1. The van der Waals surface area contributed by atoms with Crippen molar-refractivity contribution in [1.82, 2.24) is 25.3 Å². The maximum atomic E-state index is 13.2. The number of amides is 2. The van der Waals surface area contributed by atoms with Gasteiger partial charge in [0.1, 0.15) is 6.04 Å². The van der Waals surface area contributed by atoms with E-state index in [2.05, 4.69) is 20.6 Å². The average Bonchev–Trinajstić information content (AvgIpc) is 3.25. The number of anilines is 1. The van der Waals surface area contributed by atoms with Gasteiger partial charge in [-0.1, -0.05) is 43.0 Å². The normalized spacial score (nSPS) is 15.5. The highest BCUT2D eigenvalue weighted by molar-refractivity contribution is 7.99. The molecule has 168 valence electrons. The Morgan fingerprint density at radius 2 is 1.97 bits per heavy atom. The van der Waals surface area contributed by atoms with Crippen molar-refractivity contribution in [2.75, 3.05) is 17.7 Å².